The number of anilines is 1. The Balaban J connectivity index is 1.37. The molecule has 4 heterocycles. The number of nitrogens with zero attached hydrogens (tertiary/aromatic N) is 4. The molecule has 8 atom stereocenters. The summed E-state index contributed by atoms with van der Waals surface area (Å²) in [5, 5.41) is 34.8. The van der Waals surface area contributed by atoms with Gasteiger partial charge in [0.15, 0.2) is 29.4 Å². The average molecular weight is 450 g/mol. The number of hydrogen-bond acceptors (Lipinski definition) is 11. The fourth-order valence-electron chi connectivity index (χ4n) is 4.55. The van der Waals surface area contributed by atoms with Gasteiger partial charge in [0.2, 0.25) is 0 Å². The number of ether oxygens (including phenoxy) is 2. The molecular weight excluding hydrogens is 418 g/mol. The lowest BCUT2D eigenvalue weighted by Gasteiger charge is -2.26. The molecule has 176 valence electrons. The van der Waals surface area contributed by atoms with Crippen LogP contribution in [-0.4, -0.2) is 77.8 Å². The van der Waals surface area contributed by atoms with Gasteiger partial charge in [0.1, 0.15) is 30.9 Å². The number of aliphatic hydroxyl groups is 3. The fourth-order valence-corrected chi connectivity index (χ4v) is 4.55. The van der Waals surface area contributed by atoms with Crippen LogP contribution >= 0.6 is 0 Å². The molecule has 0 amide bonds. The summed E-state index contributed by atoms with van der Waals surface area (Å²) in [6.45, 7) is 6.10. The van der Waals surface area contributed by atoms with Crippen LogP contribution in [0.25, 0.3) is 11.2 Å². The number of hydrazine groups is 1. The zero-order valence-electron chi connectivity index (χ0n) is 18.3. The molecule has 0 radical (unpaired) electrons. The molecule has 1 aliphatic carbocycles. The summed E-state index contributed by atoms with van der Waals surface area (Å²) in [5.74, 6) is 0.516. The Morgan fingerprint density at radius 3 is 2.56 bits per heavy atom. The van der Waals surface area contributed by atoms with Crippen LogP contribution < -0.4 is 16.2 Å². The van der Waals surface area contributed by atoms with E-state index in [1.807, 2.05) is 20.8 Å². The second-order valence-electron chi connectivity index (χ2n) is 9.86. The third-order valence-electron chi connectivity index (χ3n) is 6.43. The van der Waals surface area contributed by atoms with Gasteiger partial charge >= 0.3 is 0 Å². The summed E-state index contributed by atoms with van der Waals surface area (Å²) in [6, 6.07) is -0.0911. The van der Waals surface area contributed by atoms with E-state index in [1.54, 1.807) is 4.57 Å². The van der Waals surface area contributed by atoms with E-state index in [9.17, 15) is 15.3 Å². The van der Waals surface area contributed by atoms with Crippen molar-refractivity contribution in [3.8, 4) is 0 Å². The molecule has 6 N–H and O–H groups in total. The van der Waals surface area contributed by atoms with Gasteiger partial charge < -0.3 is 30.1 Å². The van der Waals surface area contributed by atoms with Crippen molar-refractivity contribution in [2.45, 2.75) is 89.2 Å². The monoisotopic (exact) mass is 449 g/mol. The first kappa shape index (κ1) is 21.9. The number of rotatable bonds is 4. The molecule has 3 fully saturated rings. The number of fused-ring (bicyclic) bond motifs is 1. The van der Waals surface area contributed by atoms with Crippen LogP contribution in [0.4, 0.5) is 5.82 Å². The standard InChI is InChI=1S/C20H31N7O5/c1-20(2,3)19-26-25-17(32-19)14-12(29)13(30)18(31-14)27-8-23-11-15(21-7-22-16(11)27)24-9-5-4-6-10(9)28/h7-10,12-14,17-19,25-26,28-30H,4-6H2,1-3H3,(H,21,22,24)/t9?,10?,12-,13+,14-,17?,18+,19?/m0/s1. The molecule has 12 heteroatoms. The van der Waals surface area contributed by atoms with Crippen LogP contribution in [0.5, 0.6) is 0 Å². The van der Waals surface area contributed by atoms with E-state index in [-0.39, 0.29) is 17.7 Å². The minimum atomic E-state index is -1.21. The van der Waals surface area contributed by atoms with Gasteiger partial charge in [-0.2, -0.15) is 0 Å². The molecule has 2 aliphatic heterocycles. The number of aliphatic hydroxyl groups excluding tert-OH is 3. The van der Waals surface area contributed by atoms with E-state index in [0.29, 0.717) is 17.0 Å². The smallest absolute Gasteiger partial charge is 0.167 e. The Morgan fingerprint density at radius 2 is 1.88 bits per heavy atom. The van der Waals surface area contributed by atoms with Crippen molar-refractivity contribution < 1.29 is 24.8 Å². The predicted octanol–water partition coefficient (Wildman–Crippen LogP) is -0.406. The third-order valence-corrected chi connectivity index (χ3v) is 6.43. The minimum absolute atomic E-state index is 0.0911. The van der Waals surface area contributed by atoms with E-state index in [4.69, 9.17) is 9.47 Å². The van der Waals surface area contributed by atoms with Gasteiger partial charge in [-0.25, -0.2) is 25.8 Å². The van der Waals surface area contributed by atoms with Crippen molar-refractivity contribution >= 4 is 17.0 Å². The highest BCUT2D eigenvalue weighted by Gasteiger charge is 2.51. The highest BCUT2D eigenvalue weighted by atomic mass is 16.6. The Labute approximate surface area is 185 Å². The van der Waals surface area contributed by atoms with Crippen molar-refractivity contribution in [1.29, 1.82) is 0 Å². The van der Waals surface area contributed by atoms with Crippen LogP contribution in [0, 0.1) is 5.41 Å². The summed E-state index contributed by atoms with van der Waals surface area (Å²) >= 11 is 0. The van der Waals surface area contributed by atoms with E-state index in [1.165, 1.54) is 12.7 Å². The zero-order chi connectivity index (χ0) is 22.6. The minimum Gasteiger partial charge on any atom is -0.391 e. The van der Waals surface area contributed by atoms with E-state index < -0.39 is 36.9 Å². The lowest BCUT2D eigenvalue weighted by Crippen LogP contribution is -2.46. The van der Waals surface area contributed by atoms with Crippen LogP contribution in [0.15, 0.2) is 12.7 Å². The van der Waals surface area contributed by atoms with Crippen molar-refractivity contribution in [2.75, 3.05) is 5.32 Å². The van der Waals surface area contributed by atoms with E-state index >= 15 is 0 Å². The first-order chi connectivity index (χ1) is 15.2. The molecule has 2 aromatic heterocycles. The maximum absolute atomic E-state index is 10.8. The van der Waals surface area contributed by atoms with Crippen LogP contribution in [0.3, 0.4) is 0 Å². The molecular formula is C20H31N7O5. The van der Waals surface area contributed by atoms with Crippen LogP contribution in [0.2, 0.25) is 0 Å². The lowest BCUT2D eigenvalue weighted by atomic mass is 9.95. The predicted molar refractivity (Wildman–Crippen MR) is 113 cm³/mol. The first-order valence-electron chi connectivity index (χ1n) is 11.0. The Hall–Kier alpha value is -1.93. The molecule has 4 unspecified atom stereocenters. The van der Waals surface area contributed by atoms with E-state index in [0.717, 1.165) is 19.3 Å². The number of imidazole rings is 1. The molecule has 1 saturated carbocycles. The summed E-state index contributed by atoms with van der Waals surface area (Å²) in [4.78, 5) is 13.0. The first-order valence-corrected chi connectivity index (χ1v) is 11.0. The summed E-state index contributed by atoms with van der Waals surface area (Å²) in [6.07, 6.45) is 0.0278. The number of aromatic nitrogens is 4. The second-order valence-corrected chi connectivity index (χ2v) is 9.86. The molecule has 2 saturated heterocycles. The normalized spacial score (nSPS) is 38.1. The fraction of sp³-hybridized carbons (Fsp3) is 0.750. The van der Waals surface area contributed by atoms with E-state index in [2.05, 4.69) is 31.1 Å². The SMILES string of the molecule is CC(C)(C)C1NNC([C@H]2O[C@@H](n3cnc4c(NC5CCCC5O)ncnc43)[C@H](O)[C@@H]2O)O1. The van der Waals surface area contributed by atoms with Crippen molar-refractivity contribution in [3.05, 3.63) is 12.7 Å². The van der Waals surface area contributed by atoms with Crippen LogP contribution in [0.1, 0.15) is 46.3 Å². The van der Waals surface area contributed by atoms with Crippen molar-refractivity contribution in [2.24, 2.45) is 5.41 Å². The Bertz CT molecular complexity index is 965. The van der Waals surface area contributed by atoms with Gasteiger partial charge in [-0.1, -0.05) is 20.8 Å². The molecule has 32 heavy (non-hydrogen) atoms. The molecule has 2 aromatic rings. The maximum Gasteiger partial charge on any atom is 0.167 e. The van der Waals surface area contributed by atoms with Gasteiger partial charge in [-0.05, 0) is 19.3 Å². The highest BCUT2D eigenvalue weighted by Crippen LogP contribution is 2.36. The zero-order valence-corrected chi connectivity index (χ0v) is 18.3. The summed E-state index contributed by atoms with van der Waals surface area (Å²) in [7, 11) is 0. The van der Waals surface area contributed by atoms with Gasteiger partial charge in [0, 0.05) is 5.41 Å². The summed E-state index contributed by atoms with van der Waals surface area (Å²) < 4.78 is 13.6. The van der Waals surface area contributed by atoms with Gasteiger partial charge in [0.05, 0.1) is 18.5 Å². The molecule has 0 spiro atoms. The summed E-state index contributed by atoms with van der Waals surface area (Å²) in [5.41, 5.74) is 6.87. The second kappa shape index (κ2) is 8.13. The van der Waals surface area contributed by atoms with Crippen LogP contribution in [-0.2, 0) is 9.47 Å². The molecule has 0 bridgehead atoms. The quantitative estimate of drug-likeness (QED) is 0.360. The Morgan fingerprint density at radius 1 is 1.06 bits per heavy atom. The Kier molecular flexibility index (Phi) is 5.56. The average Bonchev–Trinajstić information content (AvgIpc) is 3.51. The van der Waals surface area contributed by atoms with Gasteiger partial charge in [-0.15, -0.1) is 0 Å². The topological polar surface area (TPSA) is 159 Å². The third kappa shape index (κ3) is 3.75. The number of hydrogen-bond donors (Lipinski definition) is 6. The molecule has 12 nitrogen and oxygen atoms in total. The number of nitrogens with one attached hydrogen (secondary N) is 3. The molecule has 0 aromatic carbocycles. The maximum atomic E-state index is 10.8. The van der Waals surface area contributed by atoms with Gasteiger partial charge in [-0.3, -0.25) is 4.57 Å². The highest BCUT2D eigenvalue weighted by molar-refractivity contribution is 5.82. The lowest BCUT2D eigenvalue weighted by molar-refractivity contribution is -0.122. The van der Waals surface area contributed by atoms with Crippen molar-refractivity contribution in [3.63, 3.8) is 0 Å². The largest absolute Gasteiger partial charge is 0.391 e. The molecule has 3 aliphatic rings. The van der Waals surface area contributed by atoms with Crippen molar-refractivity contribution in [1.82, 2.24) is 30.4 Å². The molecule has 5 rings (SSSR count). The van der Waals surface area contributed by atoms with Gasteiger partial charge in [0.25, 0.3) is 0 Å².